The van der Waals surface area contributed by atoms with E-state index in [2.05, 4.69) is 42.5 Å². The zero-order valence-corrected chi connectivity index (χ0v) is 17.5. The molecule has 1 aromatic carbocycles. The van der Waals surface area contributed by atoms with Crippen molar-refractivity contribution in [3.8, 4) is 21.7 Å². The van der Waals surface area contributed by atoms with Gasteiger partial charge in [0.05, 0.1) is 22.0 Å². The molecule has 142 valence electrons. The molecule has 1 saturated heterocycles. The smallest absolute Gasteiger partial charge is 0.133 e. The lowest BCUT2D eigenvalue weighted by atomic mass is 9.90. The topological polar surface area (TPSA) is 92.5 Å². The van der Waals surface area contributed by atoms with Gasteiger partial charge < -0.3 is 11.1 Å². The van der Waals surface area contributed by atoms with E-state index < -0.39 is 0 Å². The summed E-state index contributed by atoms with van der Waals surface area (Å²) in [4.78, 5) is 9.25. The van der Waals surface area contributed by atoms with Gasteiger partial charge in [0.25, 0.3) is 0 Å². The van der Waals surface area contributed by atoms with E-state index in [0.717, 1.165) is 62.3 Å². The SMILES string of the molecule is Nc1ncc(-c2cn[nH]c2C2CCNCC2)cc1-c1nc2cccc(Br)c2s1. The van der Waals surface area contributed by atoms with Crippen LogP contribution in [0.1, 0.15) is 24.5 Å². The first-order chi connectivity index (χ1) is 13.7. The third-order valence-corrected chi connectivity index (χ3v) is 7.30. The summed E-state index contributed by atoms with van der Waals surface area (Å²) in [5, 5.41) is 11.8. The van der Waals surface area contributed by atoms with E-state index >= 15 is 0 Å². The average molecular weight is 455 g/mol. The largest absolute Gasteiger partial charge is 0.383 e. The summed E-state index contributed by atoms with van der Waals surface area (Å²) in [6, 6.07) is 8.12. The number of aromatic nitrogens is 4. The number of pyridine rings is 1. The van der Waals surface area contributed by atoms with Crippen molar-refractivity contribution in [2.24, 2.45) is 0 Å². The van der Waals surface area contributed by atoms with Crippen molar-refractivity contribution in [3.63, 3.8) is 0 Å². The van der Waals surface area contributed by atoms with Crippen LogP contribution >= 0.6 is 27.3 Å². The van der Waals surface area contributed by atoms with Gasteiger partial charge in [-0.15, -0.1) is 11.3 Å². The van der Waals surface area contributed by atoms with Crippen LogP contribution in [-0.4, -0.2) is 33.3 Å². The molecule has 0 amide bonds. The predicted molar refractivity (Wildman–Crippen MR) is 117 cm³/mol. The van der Waals surface area contributed by atoms with Crippen LogP contribution in [-0.2, 0) is 0 Å². The fourth-order valence-electron chi connectivity index (χ4n) is 3.77. The van der Waals surface area contributed by atoms with Crippen LogP contribution in [0.15, 0.2) is 41.1 Å². The van der Waals surface area contributed by atoms with E-state index in [9.17, 15) is 0 Å². The maximum absolute atomic E-state index is 6.23. The standard InChI is InChI=1S/C20H19BrN6S/c21-15-2-1-3-16-18(15)28-20(26-16)13-8-12(9-24-19(13)22)14-10-25-27-17(14)11-4-6-23-7-5-11/h1-3,8-11,23H,4-7H2,(H2,22,24)(H,25,27). The van der Waals surface area contributed by atoms with Crippen LogP contribution < -0.4 is 11.1 Å². The number of H-pyrrole nitrogens is 1. The minimum Gasteiger partial charge on any atom is -0.383 e. The van der Waals surface area contributed by atoms with Crippen molar-refractivity contribution >= 4 is 43.3 Å². The van der Waals surface area contributed by atoms with E-state index in [1.165, 1.54) is 5.69 Å². The Kier molecular flexibility index (Phi) is 4.62. The number of nitrogens with two attached hydrogens (primary N) is 1. The second kappa shape index (κ2) is 7.27. The predicted octanol–water partition coefficient (Wildman–Crippen LogP) is 4.56. The summed E-state index contributed by atoms with van der Waals surface area (Å²) in [5.74, 6) is 0.976. The molecule has 4 heterocycles. The van der Waals surface area contributed by atoms with Gasteiger partial charge in [-0.1, -0.05) is 6.07 Å². The quantitative estimate of drug-likeness (QED) is 0.421. The number of nitrogens with zero attached hydrogens (tertiary/aromatic N) is 3. The summed E-state index contributed by atoms with van der Waals surface area (Å²) < 4.78 is 2.15. The van der Waals surface area contributed by atoms with Crippen molar-refractivity contribution in [3.05, 3.63) is 46.8 Å². The maximum atomic E-state index is 6.23. The minimum absolute atomic E-state index is 0.484. The first kappa shape index (κ1) is 17.8. The van der Waals surface area contributed by atoms with Gasteiger partial charge in [-0.3, -0.25) is 5.10 Å². The van der Waals surface area contributed by atoms with E-state index in [1.807, 2.05) is 30.6 Å². The highest BCUT2D eigenvalue weighted by molar-refractivity contribution is 9.10. The van der Waals surface area contributed by atoms with Crippen LogP contribution in [0.2, 0.25) is 0 Å². The molecule has 0 radical (unpaired) electrons. The molecule has 0 bridgehead atoms. The molecule has 3 aromatic heterocycles. The second-order valence-electron chi connectivity index (χ2n) is 6.99. The van der Waals surface area contributed by atoms with Crippen LogP contribution in [0, 0.1) is 0 Å². The second-order valence-corrected chi connectivity index (χ2v) is 8.84. The van der Waals surface area contributed by atoms with Gasteiger partial charge in [-0.25, -0.2) is 9.97 Å². The van der Waals surface area contributed by atoms with Gasteiger partial charge in [-0.05, 0) is 60.1 Å². The number of aromatic amines is 1. The first-order valence-corrected chi connectivity index (χ1v) is 10.9. The highest BCUT2D eigenvalue weighted by Crippen LogP contribution is 2.39. The molecule has 1 aliphatic heterocycles. The Morgan fingerprint density at radius 3 is 2.82 bits per heavy atom. The molecule has 0 aliphatic carbocycles. The van der Waals surface area contributed by atoms with Gasteiger partial charge in [-0.2, -0.15) is 5.10 Å². The van der Waals surface area contributed by atoms with Gasteiger partial charge in [0.15, 0.2) is 0 Å². The van der Waals surface area contributed by atoms with E-state index in [1.54, 1.807) is 11.3 Å². The first-order valence-electron chi connectivity index (χ1n) is 9.26. The number of fused-ring (bicyclic) bond motifs is 1. The lowest BCUT2D eigenvalue weighted by molar-refractivity contribution is 0.453. The molecule has 6 nitrogen and oxygen atoms in total. The number of halogens is 1. The Balaban J connectivity index is 1.58. The summed E-state index contributed by atoms with van der Waals surface area (Å²) >= 11 is 5.23. The summed E-state index contributed by atoms with van der Waals surface area (Å²) in [6.07, 6.45) is 5.94. The van der Waals surface area contributed by atoms with E-state index in [0.29, 0.717) is 11.7 Å². The third kappa shape index (κ3) is 3.11. The summed E-state index contributed by atoms with van der Waals surface area (Å²) in [6.45, 7) is 2.07. The maximum Gasteiger partial charge on any atom is 0.133 e. The molecule has 0 unspecified atom stereocenters. The molecule has 4 aromatic rings. The normalized spacial score (nSPS) is 15.3. The fraction of sp³-hybridized carbons (Fsp3) is 0.250. The molecular weight excluding hydrogens is 436 g/mol. The van der Waals surface area contributed by atoms with Gasteiger partial charge in [0.2, 0.25) is 0 Å². The van der Waals surface area contributed by atoms with Gasteiger partial charge >= 0.3 is 0 Å². The number of thiazole rings is 1. The van der Waals surface area contributed by atoms with Crippen molar-refractivity contribution in [2.45, 2.75) is 18.8 Å². The van der Waals surface area contributed by atoms with Crippen LogP contribution in [0.5, 0.6) is 0 Å². The molecule has 0 atom stereocenters. The van der Waals surface area contributed by atoms with Crippen molar-refractivity contribution in [2.75, 3.05) is 18.8 Å². The molecule has 4 N–H and O–H groups in total. The molecule has 0 saturated carbocycles. The minimum atomic E-state index is 0.484. The zero-order chi connectivity index (χ0) is 19.1. The third-order valence-electron chi connectivity index (χ3n) is 5.24. The monoisotopic (exact) mass is 454 g/mol. The number of benzene rings is 1. The Hall–Kier alpha value is -2.29. The molecule has 1 fully saturated rings. The Bertz CT molecular complexity index is 1140. The molecular formula is C20H19BrN6S. The highest BCUT2D eigenvalue weighted by atomic mass is 79.9. The molecule has 0 spiro atoms. The lowest BCUT2D eigenvalue weighted by Crippen LogP contribution is -2.27. The summed E-state index contributed by atoms with van der Waals surface area (Å²) in [7, 11) is 0. The van der Waals surface area contributed by atoms with Gasteiger partial charge in [0.1, 0.15) is 10.8 Å². The fourth-order valence-corrected chi connectivity index (χ4v) is 5.37. The summed E-state index contributed by atoms with van der Waals surface area (Å²) in [5.41, 5.74) is 11.4. The highest BCUT2D eigenvalue weighted by Gasteiger charge is 2.22. The zero-order valence-electron chi connectivity index (χ0n) is 15.1. The number of nitrogen functional groups attached to an aromatic ring is 1. The van der Waals surface area contributed by atoms with Crippen molar-refractivity contribution in [1.29, 1.82) is 0 Å². The van der Waals surface area contributed by atoms with E-state index in [4.69, 9.17) is 10.7 Å². The molecule has 28 heavy (non-hydrogen) atoms. The number of hydrogen-bond donors (Lipinski definition) is 3. The van der Waals surface area contributed by atoms with Crippen LogP contribution in [0.3, 0.4) is 0 Å². The lowest BCUT2D eigenvalue weighted by Gasteiger charge is -2.22. The Morgan fingerprint density at radius 1 is 1.14 bits per heavy atom. The van der Waals surface area contributed by atoms with Crippen molar-refractivity contribution < 1.29 is 0 Å². The molecule has 8 heteroatoms. The average Bonchev–Trinajstić information content (AvgIpc) is 3.37. The Labute approximate surface area is 174 Å². The molecule has 5 rings (SSSR count). The van der Waals surface area contributed by atoms with E-state index in [-0.39, 0.29) is 0 Å². The number of nitrogens with one attached hydrogen (secondary N) is 2. The number of piperidine rings is 1. The van der Waals surface area contributed by atoms with Crippen LogP contribution in [0.25, 0.3) is 31.9 Å². The number of anilines is 1. The van der Waals surface area contributed by atoms with Crippen molar-refractivity contribution in [1.82, 2.24) is 25.5 Å². The number of rotatable bonds is 3. The van der Waals surface area contributed by atoms with Gasteiger partial charge in [0, 0.05) is 33.4 Å². The van der Waals surface area contributed by atoms with Crippen LogP contribution in [0.4, 0.5) is 5.82 Å². The Morgan fingerprint density at radius 2 is 2.00 bits per heavy atom. The molecule has 1 aliphatic rings. The number of hydrogen-bond acceptors (Lipinski definition) is 6.